The monoisotopic (exact) mass is 292 g/mol. The van der Waals surface area contributed by atoms with Crippen molar-refractivity contribution in [2.24, 2.45) is 0 Å². The van der Waals surface area contributed by atoms with Gasteiger partial charge in [0.1, 0.15) is 11.3 Å². The summed E-state index contributed by atoms with van der Waals surface area (Å²) in [4.78, 5) is 8.47. The summed E-state index contributed by atoms with van der Waals surface area (Å²) in [5.74, 6) is 0.572. The molecule has 1 N–H and O–H groups in total. The summed E-state index contributed by atoms with van der Waals surface area (Å²) in [6, 6.07) is 1.76. The molecule has 2 heterocycles. The van der Waals surface area contributed by atoms with Crippen LogP contribution in [0.2, 0.25) is 5.15 Å². The van der Waals surface area contributed by atoms with Gasteiger partial charge in [-0.15, -0.1) is 0 Å². The lowest BCUT2D eigenvalue weighted by Gasteiger charge is -2.23. The largest absolute Gasteiger partial charge is 0.474 e. The maximum atomic E-state index is 10.5. The van der Waals surface area contributed by atoms with E-state index in [4.69, 9.17) is 16.3 Å². The normalized spacial score (nSPS) is 18.0. The van der Waals surface area contributed by atoms with Crippen molar-refractivity contribution in [3.63, 3.8) is 0 Å². The molecule has 0 spiro atoms. The van der Waals surface area contributed by atoms with Crippen LogP contribution in [0.1, 0.15) is 38.7 Å². The summed E-state index contributed by atoms with van der Waals surface area (Å²) in [6.07, 6.45) is 6.33. The second kappa shape index (κ2) is 4.86. The molecule has 0 unspecified atom stereocenters. The van der Waals surface area contributed by atoms with Gasteiger partial charge in [-0.1, -0.05) is 18.5 Å². The van der Waals surface area contributed by atoms with Gasteiger partial charge in [-0.2, -0.15) is 0 Å². The van der Waals surface area contributed by atoms with Gasteiger partial charge in [0, 0.05) is 18.0 Å². The minimum absolute atomic E-state index is 0.263. The molecule has 0 radical (unpaired) electrons. The molecule has 4 nitrogen and oxygen atoms in total. The quantitative estimate of drug-likeness (QED) is 0.877. The van der Waals surface area contributed by atoms with Gasteiger partial charge in [0.2, 0.25) is 5.88 Å². The van der Waals surface area contributed by atoms with E-state index in [0.717, 1.165) is 29.2 Å². The molecule has 0 aromatic carbocycles. The molecule has 20 heavy (non-hydrogen) atoms. The maximum absolute atomic E-state index is 10.5. The van der Waals surface area contributed by atoms with Gasteiger partial charge in [-0.3, -0.25) is 0 Å². The fourth-order valence-electron chi connectivity index (χ4n) is 2.14. The minimum Gasteiger partial charge on any atom is -0.474 e. The zero-order valence-electron chi connectivity index (χ0n) is 11.6. The summed E-state index contributed by atoms with van der Waals surface area (Å²) >= 11 is 6.00. The first-order valence-electron chi connectivity index (χ1n) is 6.85. The van der Waals surface area contributed by atoms with E-state index in [9.17, 15) is 5.11 Å². The molecular weight excluding hydrogens is 276 g/mol. The number of aromatic nitrogens is 2. The van der Waals surface area contributed by atoms with Crippen LogP contribution in [0.3, 0.4) is 0 Å². The molecule has 0 aliphatic heterocycles. The third-order valence-electron chi connectivity index (χ3n) is 3.77. The Morgan fingerprint density at radius 1 is 1.35 bits per heavy atom. The molecule has 0 bridgehead atoms. The highest BCUT2D eigenvalue weighted by atomic mass is 35.5. The highest BCUT2D eigenvalue weighted by Gasteiger charge is 2.28. The zero-order chi connectivity index (χ0) is 14.3. The van der Waals surface area contributed by atoms with Crippen LogP contribution in [0.15, 0.2) is 18.5 Å². The fourth-order valence-corrected chi connectivity index (χ4v) is 2.30. The second-order valence-electron chi connectivity index (χ2n) is 5.47. The van der Waals surface area contributed by atoms with Crippen molar-refractivity contribution in [3.05, 3.63) is 29.2 Å². The van der Waals surface area contributed by atoms with E-state index in [0.29, 0.717) is 17.5 Å². The van der Waals surface area contributed by atoms with E-state index < -0.39 is 5.60 Å². The first kappa shape index (κ1) is 13.6. The first-order chi connectivity index (χ1) is 9.51. The van der Waals surface area contributed by atoms with Gasteiger partial charge in [0.05, 0.1) is 11.0 Å². The Balaban J connectivity index is 2.19. The Morgan fingerprint density at radius 3 is 2.75 bits per heavy atom. The van der Waals surface area contributed by atoms with Crippen molar-refractivity contribution in [2.45, 2.75) is 44.8 Å². The Bertz CT molecular complexity index is 654. The van der Waals surface area contributed by atoms with E-state index in [1.165, 1.54) is 0 Å². The van der Waals surface area contributed by atoms with E-state index >= 15 is 0 Å². The molecule has 1 aliphatic carbocycles. The summed E-state index contributed by atoms with van der Waals surface area (Å²) < 4.78 is 5.80. The number of ether oxygens (including phenoxy) is 1. The Hall–Kier alpha value is -1.39. The van der Waals surface area contributed by atoms with Gasteiger partial charge in [0.15, 0.2) is 0 Å². The van der Waals surface area contributed by atoms with Crippen LogP contribution in [-0.2, 0) is 5.60 Å². The van der Waals surface area contributed by atoms with Crippen molar-refractivity contribution in [3.8, 4) is 5.88 Å². The highest BCUT2D eigenvalue weighted by molar-refractivity contribution is 6.30. The number of pyridine rings is 2. The molecule has 106 valence electrons. The zero-order valence-corrected chi connectivity index (χ0v) is 12.3. The Kier molecular flexibility index (Phi) is 3.30. The average Bonchev–Trinajstić information content (AvgIpc) is 3.22. The smallest absolute Gasteiger partial charge is 0.223 e. The van der Waals surface area contributed by atoms with Crippen LogP contribution in [0.5, 0.6) is 5.88 Å². The van der Waals surface area contributed by atoms with E-state index in [2.05, 4.69) is 9.97 Å². The van der Waals surface area contributed by atoms with Gasteiger partial charge in [-0.05, 0) is 37.6 Å². The summed E-state index contributed by atoms with van der Waals surface area (Å²) in [5, 5.41) is 12.6. The maximum Gasteiger partial charge on any atom is 0.223 e. The number of nitrogens with zero attached hydrogens (tertiary/aromatic N) is 2. The lowest BCUT2D eigenvalue weighted by atomic mass is 9.91. The van der Waals surface area contributed by atoms with Crippen LogP contribution in [0.25, 0.3) is 10.8 Å². The molecular formula is C15H17ClN2O2. The van der Waals surface area contributed by atoms with Crippen molar-refractivity contribution in [1.29, 1.82) is 0 Å². The first-order valence-corrected chi connectivity index (χ1v) is 7.23. The Labute approximate surface area is 122 Å². The van der Waals surface area contributed by atoms with Crippen molar-refractivity contribution >= 4 is 22.4 Å². The van der Waals surface area contributed by atoms with E-state index in [1.807, 2.05) is 6.92 Å². The van der Waals surface area contributed by atoms with E-state index in [-0.39, 0.29) is 6.10 Å². The summed E-state index contributed by atoms with van der Waals surface area (Å²) in [6.45, 7) is 3.71. The van der Waals surface area contributed by atoms with Gasteiger partial charge in [0.25, 0.3) is 0 Å². The third-order valence-corrected chi connectivity index (χ3v) is 3.98. The molecule has 2 aromatic rings. The molecule has 5 heteroatoms. The molecule has 1 saturated carbocycles. The number of rotatable bonds is 4. The minimum atomic E-state index is -0.950. The van der Waals surface area contributed by atoms with Gasteiger partial charge < -0.3 is 9.84 Å². The molecule has 1 fully saturated rings. The predicted molar refractivity (Wildman–Crippen MR) is 78.1 cm³/mol. The number of hydrogen-bond acceptors (Lipinski definition) is 4. The second-order valence-corrected chi connectivity index (χ2v) is 5.86. The standard InChI is InChI=1S/C15H17ClN2O2/c1-3-15(2,19)12-8-18-14(20-9-4-5-9)11-7-17-13(16)6-10(11)12/h6-9,19H,3-5H2,1-2H3/t15-/m0/s1. The SMILES string of the molecule is CC[C@](C)(O)c1cnc(OC2CC2)c2cnc(Cl)cc12. The number of halogens is 1. The molecule has 0 saturated heterocycles. The predicted octanol–water partition coefficient (Wildman–Crippen LogP) is 3.44. The lowest BCUT2D eigenvalue weighted by Crippen LogP contribution is -2.20. The lowest BCUT2D eigenvalue weighted by molar-refractivity contribution is 0.0542. The van der Waals surface area contributed by atoms with Crippen molar-refractivity contribution in [1.82, 2.24) is 9.97 Å². The molecule has 1 aliphatic rings. The summed E-state index contributed by atoms with van der Waals surface area (Å²) in [7, 11) is 0. The molecule has 0 amide bonds. The van der Waals surface area contributed by atoms with Crippen molar-refractivity contribution < 1.29 is 9.84 Å². The molecule has 2 aromatic heterocycles. The number of hydrogen-bond donors (Lipinski definition) is 1. The third kappa shape index (κ3) is 2.45. The van der Waals surface area contributed by atoms with E-state index in [1.54, 1.807) is 25.4 Å². The van der Waals surface area contributed by atoms with Crippen LogP contribution in [0, 0.1) is 0 Å². The fraction of sp³-hybridized carbons (Fsp3) is 0.467. The van der Waals surface area contributed by atoms with Gasteiger partial charge >= 0.3 is 0 Å². The summed E-state index contributed by atoms with van der Waals surface area (Å²) in [5.41, 5.74) is -0.198. The van der Waals surface area contributed by atoms with Crippen molar-refractivity contribution in [2.75, 3.05) is 0 Å². The Morgan fingerprint density at radius 2 is 2.10 bits per heavy atom. The van der Waals surface area contributed by atoms with Crippen LogP contribution < -0.4 is 4.74 Å². The van der Waals surface area contributed by atoms with Gasteiger partial charge in [-0.25, -0.2) is 9.97 Å². The highest BCUT2D eigenvalue weighted by Crippen LogP contribution is 2.36. The van der Waals surface area contributed by atoms with Crippen LogP contribution >= 0.6 is 11.6 Å². The van der Waals surface area contributed by atoms with Crippen LogP contribution in [-0.4, -0.2) is 21.2 Å². The number of fused-ring (bicyclic) bond motifs is 1. The average molecular weight is 293 g/mol. The van der Waals surface area contributed by atoms with Crippen LogP contribution in [0.4, 0.5) is 0 Å². The molecule has 3 rings (SSSR count). The number of aliphatic hydroxyl groups is 1. The topological polar surface area (TPSA) is 55.2 Å². The molecule has 1 atom stereocenters.